The molecule has 2 aromatic heterocycles. The zero-order valence-electron chi connectivity index (χ0n) is 11.1. The highest BCUT2D eigenvalue weighted by Gasteiger charge is 2.08. The zero-order valence-corrected chi connectivity index (χ0v) is 11.9. The van der Waals surface area contributed by atoms with Crippen molar-refractivity contribution in [1.82, 2.24) is 14.6 Å². The molecule has 0 amide bonds. The number of rotatable bonds is 2. The molecule has 0 fully saturated rings. The van der Waals surface area contributed by atoms with Gasteiger partial charge < -0.3 is 0 Å². The quantitative estimate of drug-likeness (QED) is 0.724. The molecule has 5 nitrogen and oxygen atoms in total. The van der Waals surface area contributed by atoms with Gasteiger partial charge in [-0.3, -0.25) is 0 Å². The number of aryl methyl sites for hydroxylation is 1. The SMILES string of the molecule is Cc1cn2nc(-c3ccc(S(C)(=O)=O)cc3)ccc2n1. The van der Waals surface area contributed by atoms with Crippen LogP contribution in [-0.2, 0) is 9.84 Å². The van der Waals surface area contributed by atoms with Gasteiger partial charge in [0.2, 0.25) is 0 Å². The number of aromatic nitrogens is 3. The van der Waals surface area contributed by atoms with Crippen LogP contribution < -0.4 is 0 Å². The molecule has 1 aromatic carbocycles. The first-order chi connectivity index (χ1) is 9.43. The Hall–Kier alpha value is -2.21. The Kier molecular flexibility index (Phi) is 2.83. The van der Waals surface area contributed by atoms with Gasteiger partial charge in [-0.05, 0) is 31.2 Å². The smallest absolute Gasteiger partial charge is 0.175 e. The minimum absolute atomic E-state index is 0.306. The van der Waals surface area contributed by atoms with Crippen molar-refractivity contribution in [3.05, 3.63) is 48.3 Å². The standard InChI is InChI=1S/C14H13N3O2S/c1-10-9-17-14(15-10)8-7-13(16-17)11-3-5-12(6-4-11)20(2,18)19/h3-9H,1-2H3. The molecule has 0 N–H and O–H groups in total. The second-order valence-electron chi connectivity index (χ2n) is 4.70. The molecule has 0 unspecified atom stereocenters. The van der Waals surface area contributed by atoms with Gasteiger partial charge in [-0.25, -0.2) is 17.9 Å². The molecule has 3 rings (SSSR count). The van der Waals surface area contributed by atoms with Crippen molar-refractivity contribution in [2.45, 2.75) is 11.8 Å². The Morgan fingerprint density at radius 3 is 2.40 bits per heavy atom. The molecule has 0 bridgehead atoms. The summed E-state index contributed by atoms with van der Waals surface area (Å²) in [6.07, 6.45) is 3.05. The van der Waals surface area contributed by atoms with Crippen LogP contribution in [0.3, 0.4) is 0 Å². The molecule has 3 aromatic rings. The lowest BCUT2D eigenvalue weighted by Gasteiger charge is -2.03. The van der Waals surface area contributed by atoms with Gasteiger partial charge in [0.25, 0.3) is 0 Å². The van der Waals surface area contributed by atoms with Crippen LogP contribution in [0.2, 0.25) is 0 Å². The fraction of sp³-hybridized carbons (Fsp3) is 0.143. The van der Waals surface area contributed by atoms with Crippen LogP contribution in [0, 0.1) is 6.92 Å². The summed E-state index contributed by atoms with van der Waals surface area (Å²) in [4.78, 5) is 4.62. The predicted molar refractivity (Wildman–Crippen MR) is 76.3 cm³/mol. The van der Waals surface area contributed by atoms with Gasteiger partial charge in [0.15, 0.2) is 15.5 Å². The van der Waals surface area contributed by atoms with E-state index in [0.717, 1.165) is 22.6 Å². The third-order valence-electron chi connectivity index (χ3n) is 3.02. The Labute approximate surface area is 116 Å². The van der Waals surface area contributed by atoms with E-state index in [1.807, 2.05) is 25.3 Å². The monoisotopic (exact) mass is 287 g/mol. The minimum Gasteiger partial charge on any atom is -0.232 e. The molecule has 6 heteroatoms. The molecule has 0 radical (unpaired) electrons. The van der Waals surface area contributed by atoms with Crippen molar-refractivity contribution in [2.75, 3.05) is 6.26 Å². The van der Waals surface area contributed by atoms with Crippen molar-refractivity contribution in [2.24, 2.45) is 0 Å². The Morgan fingerprint density at radius 1 is 1.05 bits per heavy atom. The van der Waals surface area contributed by atoms with Crippen molar-refractivity contribution in [3.8, 4) is 11.3 Å². The summed E-state index contributed by atoms with van der Waals surface area (Å²) in [7, 11) is -3.17. The maximum absolute atomic E-state index is 11.4. The summed E-state index contributed by atoms with van der Waals surface area (Å²) in [5.41, 5.74) is 3.33. The highest BCUT2D eigenvalue weighted by atomic mass is 32.2. The first-order valence-electron chi connectivity index (χ1n) is 6.07. The van der Waals surface area contributed by atoms with Crippen LogP contribution in [0.1, 0.15) is 5.69 Å². The molecule has 0 aliphatic rings. The van der Waals surface area contributed by atoms with E-state index in [4.69, 9.17) is 0 Å². The number of imidazole rings is 1. The molecule has 102 valence electrons. The molecular formula is C14H13N3O2S. The molecule has 2 heterocycles. The summed E-state index contributed by atoms with van der Waals surface area (Å²) in [6, 6.07) is 10.5. The number of hydrogen-bond acceptors (Lipinski definition) is 4. The van der Waals surface area contributed by atoms with Gasteiger partial charge >= 0.3 is 0 Å². The molecule has 20 heavy (non-hydrogen) atoms. The second kappa shape index (κ2) is 4.42. The summed E-state index contributed by atoms with van der Waals surface area (Å²) in [5, 5.41) is 4.46. The average molecular weight is 287 g/mol. The molecule has 0 aliphatic carbocycles. The van der Waals surface area contributed by atoms with Gasteiger partial charge in [-0.2, -0.15) is 5.10 Å². The number of nitrogens with zero attached hydrogens (tertiary/aromatic N) is 3. The number of hydrogen-bond donors (Lipinski definition) is 0. The molecule has 0 saturated carbocycles. The van der Waals surface area contributed by atoms with Crippen molar-refractivity contribution < 1.29 is 8.42 Å². The van der Waals surface area contributed by atoms with Crippen molar-refractivity contribution >= 4 is 15.5 Å². The second-order valence-corrected chi connectivity index (χ2v) is 6.72. The van der Waals surface area contributed by atoms with E-state index in [1.54, 1.807) is 28.8 Å². The summed E-state index contributed by atoms with van der Waals surface area (Å²) in [6.45, 7) is 1.91. The topological polar surface area (TPSA) is 64.3 Å². The lowest BCUT2D eigenvalue weighted by molar-refractivity contribution is 0.602. The van der Waals surface area contributed by atoms with Crippen LogP contribution in [0.5, 0.6) is 0 Å². The summed E-state index contributed by atoms with van der Waals surface area (Å²) in [5.74, 6) is 0. The van der Waals surface area contributed by atoms with Crippen LogP contribution in [0.15, 0.2) is 47.5 Å². The largest absolute Gasteiger partial charge is 0.232 e. The van der Waals surface area contributed by atoms with E-state index in [9.17, 15) is 8.42 Å². The fourth-order valence-corrected chi connectivity index (χ4v) is 2.66. The van der Waals surface area contributed by atoms with Crippen LogP contribution >= 0.6 is 0 Å². The van der Waals surface area contributed by atoms with E-state index >= 15 is 0 Å². The molecular weight excluding hydrogens is 274 g/mol. The third kappa shape index (κ3) is 2.30. The Balaban J connectivity index is 2.06. The normalized spacial score (nSPS) is 11.9. The molecule has 0 saturated heterocycles. The lowest BCUT2D eigenvalue weighted by Crippen LogP contribution is -1.97. The van der Waals surface area contributed by atoms with E-state index in [2.05, 4.69) is 10.1 Å². The van der Waals surface area contributed by atoms with Gasteiger partial charge in [0.1, 0.15) is 0 Å². The predicted octanol–water partition coefficient (Wildman–Crippen LogP) is 2.11. The number of sulfone groups is 1. The van der Waals surface area contributed by atoms with E-state index < -0.39 is 9.84 Å². The molecule has 0 spiro atoms. The highest BCUT2D eigenvalue weighted by molar-refractivity contribution is 7.90. The molecule has 0 atom stereocenters. The van der Waals surface area contributed by atoms with Gasteiger partial charge in [0.05, 0.1) is 22.5 Å². The maximum atomic E-state index is 11.4. The van der Waals surface area contributed by atoms with E-state index in [1.165, 1.54) is 6.26 Å². The van der Waals surface area contributed by atoms with Crippen LogP contribution in [0.4, 0.5) is 0 Å². The Morgan fingerprint density at radius 2 is 1.75 bits per heavy atom. The van der Waals surface area contributed by atoms with Gasteiger partial charge in [-0.15, -0.1) is 0 Å². The van der Waals surface area contributed by atoms with Crippen molar-refractivity contribution in [3.63, 3.8) is 0 Å². The fourth-order valence-electron chi connectivity index (χ4n) is 2.03. The summed E-state index contributed by atoms with van der Waals surface area (Å²) >= 11 is 0. The third-order valence-corrected chi connectivity index (χ3v) is 4.15. The van der Waals surface area contributed by atoms with Crippen molar-refractivity contribution in [1.29, 1.82) is 0 Å². The zero-order chi connectivity index (χ0) is 14.3. The number of benzene rings is 1. The average Bonchev–Trinajstić information content (AvgIpc) is 2.77. The first-order valence-corrected chi connectivity index (χ1v) is 7.96. The maximum Gasteiger partial charge on any atom is 0.175 e. The molecule has 0 aliphatic heterocycles. The minimum atomic E-state index is -3.17. The van der Waals surface area contributed by atoms with E-state index in [0.29, 0.717) is 4.90 Å². The number of fused-ring (bicyclic) bond motifs is 1. The Bertz CT molecular complexity index is 880. The summed E-state index contributed by atoms with van der Waals surface area (Å²) < 4.78 is 24.6. The lowest BCUT2D eigenvalue weighted by atomic mass is 10.1. The van der Waals surface area contributed by atoms with E-state index in [-0.39, 0.29) is 0 Å². The first kappa shape index (κ1) is 12.8. The van der Waals surface area contributed by atoms with Gasteiger partial charge in [0, 0.05) is 11.8 Å². The van der Waals surface area contributed by atoms with Gasteiger partial charge in [-0.1, -0.05) is 12.1 Å². The highest BCUT2D eigenvalue weighted by Crippen LogP contribution is 2.20. The van der Waals surface area contributed by atoms with Crippen LogP contribution in [0.25, 0.3) is 16.9 Å². The van der Waals surface area contributed by atoms with Crippen LogP contribution in [-0.4, -0.2) is 29.3 Å².